The molecule has 0 radical (unpaired) electrons. The molecule has 1 aromatic carbocycles. The molecule has 0 aliphatic rings. The van der Waals surface area contributed by atoms with Crippen LogP contribution in [0.15, 0.2) is 42.9 Å². The monoisotopic (exact) mass is 266 g/mol. The van der Waals surface area contributed by atoms with Crippen LogP contribution >= 0.6 is 0 Å². The Bertz CT molecular complexity index is 582. The minimum atomic E-state index is -4.41. The second kappa shape index (κ2) is 5.17. The zero-order valence-electron chi connectivity index (χ0n) is 9.69. The second-order valence-electron chi connectivity index (χ2n) is 3.89. The zero-order chi connectivity index (χ0) is 13.9. The first-order valence-electron chi connectivity index (χ1n) is 5.42. The standard InChI is InChI=1S/C13H9F3N2O/c14-13(15,16)10-3-1-2-9(6-10)7-12(19)11-8-17-4-5-18-11/h1-6,8H,7H2. The summed E-state index contributed by atoms with van der Waals surface area (Å²) >= 11 is 0. The smallest absolute Gasteiger partial charge is 0.292 e. The molecule has 0 amide bonds. The van der Waals surface area contributed by atoms with Gasteiger partial charge in [-0.1, -0.05) is 18.2 Å². The van der Waals surface area contributed by atoms with E-state index in [4.69, 9.17) is 0 Å². The molecule has 0 spiro atoms. The predicted molar refractivity (Wildman–Crippen MR) is 61.5 cm³/mol. The van der Waals surface area contributed by atoms with Gasteiger partial charge in [-0.25, -0.2) is 4.98 Å². The second-order valence-corrected chi connectivity index (χ2v) is 3.89. The predicted octanol–water partition coefficient (Wildman–Crippen LogP) is 2.92. The highest BCUT2D eigenvalue weighted by Gasteiger charge is 2.30. The van der Waals surface area contributed by atoms with Crippen molar-refractivity contribution < 1.29 is 18.0 Å². The van der Waals surface area contributed by atoms with Gasteiger partial charge in [-0.3, -0.25) is 9.78 Å². The van der Waals surface area contributed by atoms with E-state index in [-0.39, 0.29) is 17.9 Å². The lowest BCUT2D eigenvalue weighted by molar-refractivity contribution is -0.137. The van der Waals surface area contributed by atoms with E-state index in [0.29, 0.717) is 5.56 Å². The molecular weight excluding hydrogens is 257 g/mol. The molecule has 3 nitrogen and oxygen atoms in total. The summed E-state index contributed by atoms with van der Waals surface area (Å²) in [6.07, 6.45) is -0.482. The van der Waals surface area contributed by atoms with Crippen molar-refractivity contribution in [2.75, 3.05) is 0 Å². The number of nitrogens with zero attached hydrogens (tertiary/aromatic N) is 2. The van der Waals surface area contributed by atoms with Crippen LogP contribution in [0.3, 0.4) is 0 Å². The van der Waals surface area contributed by atoms with Gasteiger partial charge in [-0.15, -0.1) is 0 Å². The average molecular weight is 266 g/mol. The quantitative estimate of drug-likeness (QED) is 0.802. The van der Waals surface area contributed by atoms with Crippen LogP contribution in [-0.4, -0.2) is 15.8 Å². The Labute approximate surface area is 107 Å². The van der Waals surface area contributed by atoms with Crippen molar-refractivity contribution in [1.82, 2.24) is 9.97 Å². The molecule has 0 saturated carbocycles. The van der Waals surface area contributed by atoms with Crippen LogP contribution in [0.5, 0.6) is 0 Å². The van der Waals surface area contributed by atoms with Crippen molar-refractivity contribution in [2.45, 2.75) is 12.6 Å². The lowest BCUT2D eigenvalue weighted by Gasteiger charge is -2.08. The van der Waals surface area contributed by atoms with E-state index in [9.17, 15) is 18.0 Å². The van der Waals surface area contributed by atoms with Crippen LogP contribution < -0.4 is 0 Å². The van der Waals surface area contributed by atoms with Crippen molar-refractivity contribution in [2.24, 2.45) is 0 Å². The minimum absolute atomic E-state index is 0.136. The molecule has 0 aliphatic heterocycles. The topological polar surface area (TPSA) is 42.9 Å². The van der Waals surface area contributed by atoms with E-state index in [1.165, 1.54) is 30.7 Å². The Hall–Kier alpha value is -2.24. The van der Waals surface area contributed by atoms with E-state index in [1.54, 1.807) is 0 Å². The normalized spacial score (nSPS) is 11.3. The van der Waals surface area contributed by atoms with E-state index >= 15 is 0 Å². The van der Waals surface area contributed by atoms with Gasteiger partial charge in [-0.05, 0) is 11.6 Å². The first-order chi connectivity index (χ1) is 8.97. The number of halogens is 3. The third-order valence-corrected chi connectivity index (χ3v) is 2.47. The fraction of sp³-hybridized carbons (Fsp3) is 0.154. The third kappa shape index (κ3) is 3.37. The number of hydrogen-bond donors (Lipinski definition) is 0. The maximum Gasteiger partial charge on any atom is 0.416 e. The highest BCUT2D eigenvalue weighted by atomic mass is 19.4. The first kappa shape index (κ1) is 13.2. The molecular formula is C13H9F3N2O. The molecule has 0 unspecified atom stereocenters. The van der Waals surface area contributed by atoms with Gasteiger partial charge in [0.05, 0.1) is 11.8 Å². The van der Waals surface area contributed by atoms with E-state index in [2.05, 4.69) is 9.97 Å². The van der Waals surface area contributed by atoms with Crippen molar-refractivity contribution in [3.05, 3.63) is 59.7 Å². The molecule has 98 valence electrons. The molecule has 1 heterocycles. The molecule has 19 heavy (non-hydrogen) atoms. The van der Waals surface area contributed by atoms with E-state index in [0.717, 1.165) is 12.1 Å². The van der Waals surface area contributed by atoms with E-state index < -0.39 is 11.7 Å². The lowest BCUT2D eigenvalue weighted by atomic mass is 10.0. The zero-order valence-corrected chi connectivity index (χ0v) is 9.69. The number of rotatable bonds is 3. The highest BCUT2D eigenvalue weighted by Crippen LogP contribution is 2.29. The Morgan fingerprint density at radius 3 is 2.63 bits per heavy atom. The van der Waals surface area contributed by atoms with Crippen molar-refractivity contribution in [3.63, 3.8) is 0 Å². The molecule has 2 rings (SSSR count). The summed E-state index contributed by atoms with van der Waals surface area (Å²) in [5.74, 6) is -0.368. The van der Waals surface area contributed by atoms with Crippen LogP contribution in [0.1, 0.15) is 21.6 Å². The largest absolute Gasteiger partial charge is 0.416 e. The maximum absolute atomic E-state index is 12.5. The van der Waals surface area contributed by atoms with E-state index in [1.807, 2.05) is 0 Å². The first-order valence-corrected chi connectivity index (χ1v) is 5.42. The molecule has 2 aromatic rings. The summed E-state index contributed by atoms with van der Waals surface area (Å²) in [6.45, 7) is 0. The summed E-state index contributed by atoms with van der Waals surface area (Å²) in [4.78, 5) is 19.3. The van der Waals surface area contributed by atoms with Gasteiger partial charge in [-0.2, -0.15) is 13.2 Å². The van der Waals surface area contributed by atoms with Crippen molar-refractivity contribution >= 4 is 5.78 Å². The van der Waals surface area contributed by atoms with Crippen LogP contribution in [0.2, 0.25) is 0 Å². The molecule has 0 bridgehead atoms. The Balaban J connectivity index is 2.18. The number of benzene rings is 1. The van der Waals surface area contributed by atoms with Crippen molar-refractivity contribution in [3.8, 4) is 0 Å². The van der Waals surface area contributed by atoms with Gasteiger partial charge in [0, 0.05) is 18.8 Å². The summed E-state index contributed by atoms with van der Waals surface area (Å²) < 4.78 is 37.6. The SMILES string of the molecule is O=C(Cc1cccc(C(F)(F)F)c1)c1cnccn1. The van der Waals surface area contributed by atoms with Gasteiger partial charge in [0.2, 0.25) is 0 Å². The van der Waals surface area contributed by atoms with Crippen LogP contribution in [0.4, 0.5) is 13.2 Å². The van der Waals surface area contributed by atoms with Gasteiger partial charge < -0.3 is 0 Å². The number of hydrogen-bond acceptors (Lipinski definition) is 3. The summed E-state index contributed by atoms with van der Waals surface area (Å²) in [6, 6.07) is 4.69. The summed E-state index contributed by atoms with van der Waals surface area (Å²) in [5.41, 5.74) is -0.331. The van der Waals surface area contributed by atoms with Gasteiger partial charge in [0.15, 0.2) is 5.78 Å². The summed E-state index contributed by atoms with van der Waals surface area (Å²) in [5, 5.41) is 0. The minimum Gasteiger partial charge on any atom is -0.292 e. The fourth-order valence-corrected chi connectivity index (χ4v) is 1.58. The molecule has 6 heteroatoms. The number of carbonyl (C=O) groups excluding carboxylic acids is 1. The lowest BCUT2D eigenvalue weighted by Crippen LogP contribution is -2.09. The number of carbonyl (C=O) groups is 1. The fourth-order valence-electron chi connectivity index (χ4n) is 1.58. The number of Topliss-reactive ketones (excluding diaryl/α,β-unsaturated/α-hetero) is 1. The third-order valence-electron chi connectivity index (χ3n) is 2.47. The average Bonchev–Trinajstić information content (AvgIpc) is 2.39. The Kier molecular flexibility index (Phi) is 3.59. The Morgan fingerprint density at radius 2 is 2.00 bits per heavy atom. The maximum atomic E-state index is 12.5. The van der Waals surface area contributed by atoms with Crippen LogP contribution in [-0.2, 0) is 12.6 Å². The van der Waals surface area contributed by atoms with Gasteiger partial charge >= 0.3 is 6.18 Å². The number of aromatic nitrogens is 2. The van der Waals surface area contributed by atoms with Crippen molar-refractivity contribution in [1.29, 1.82) is 0 Å². The number of alkyl halides is 3. The highest BCUT2D eigenvalue weighted by molar-refractivity contribution is 5.95. The summed E-state index contributed by atoms with van der Waals surface area (Å²) in [7, 11) is 0. The number of ketones is 1. The Morgan fingerprint density at radius 1 is 1.21 bits per heavy atom. The van der Waals surface area contributed by atoms with Gasteiger partial charge in [0.1, 0.15) is 5.69 Å². The molecule has 0 saturated heterocycles. The molecule has 0 N–H and O–H groups in total. The van der Waals surface area contributed by atoms with Crippen LogP contribution in [0.25, 0.3) is 0 Å². The van der Waals surface area contributed by atoms with Gasteiger partial charge in [0.25, 0.3) is 0 Å². The molecule has 0 atom stereocenters. The van der Waals surface area contributed by atoms with Crippen LogP contribution in [0, 0.1) is 0 Å². The molecule has 0 fully saturated rings. The molecule has 0 aliphatic carbocycles. The molecule has 1 aromatic heterocycles.